The van der Waals surface area contributed by atoms with Gasteiger partial charge in [0.25, 0.3) is 9.05 Å². The van der Waals surface area contributed by atoms with Gasteiger partial charge < -0.3 is 5.11 Å². The molecule has 0 aromatic heterocycles. The van der Waals surface area contributed by atoms with E-state index in [0.29, 0.717) is 12.1 Å². The Labute approximate surface area is 93.7 Å². The Morgan fingerprint density at radius 3 is 2.33 bits per heavy atom. The standard InChI is InChI=1S/C7H3Cl2FO4S/c8-4-2-6(15(9,13)14)5(10)1-3(4)7(11)12/h1-2H,(H,11,12). The van der Waals surface area contributed by atoms with Crippen LogP contribution in [0.2, 0.25) is 5.02 Å². The molecule has 8 heteroatoms. The second kappa shape index (κ2) is 3.96. The summed E-state index contributed by atoms with van der Waals surface area (Å²) in [4.78, 5) is 9.65. The van der Waals surface area contributed by atoms with Crippen LogP contribution in [0.4, 0.5) is 4.39 Å². The summed E-state index contributed by atoms with van der Waals surface area (Å²) in [6.45, 7) is 0. The molecule has 15 heavy (non-hydrogen) atoms. The fourth-order valence-corrected chi connectivity index (χ4v) is 2.09. The first-order chi connectivity index (χ1) is 6.73. The molecule has 0 bridgehead atoms. The van der Waals surface area contributed by atoms with Crippen molar-refractivity contribution >= 4 is 37.3 Å². The van der Waals surface area contributed by atoms with Crippen molar-refractivity contribution in [3.8, 4) is 0 Å². The number of carboxylic acids is 1. The largest absolute Gasteiger partial charge is 0.478 e. The minimum Gasteiger partial charge on any atom is -0.478 e. The molecule has 1 N–H and O–H groups in total. The van der Waals surface area contributed by atoms with E-state index in [4.69, 9.17) is 27.4 Å². The lowest BCUT2D eigenvalue weighted by Gasteiger charge is -2.02. The quantitative estimate of drug-likeness (QED) is 0.837. The number of benzene rings is 1. The number of rotatable bonds is 2. The van der Waals surface area contributed by atoms with Crippen molar-refractivity contribution in [1.82, 2.24) is 0 Å². The Morgan fingerprint density at radius 2 is 1.93 bits per heavy atom. The molecule has 0 saturated heterocycles. The van der Waals surface area contributed by atoms with Crippen LogP contribution >= 0.6 is 22.3 Å². The van der Waals surface area contributed by atoms with Crippen LogP contribution in [-0.2, 0) is 9.05 Å². The normalized spacial score (nSPS) is 11.4. The van der Waals surface area contributed by atoms with E-state index in [0.717, 1.165) is 0 Å². The lowest BCUT2D eigenvalue weighted by atomic mass is 10.2. The number of halogens is 3. The minimum atomic E-state index is -4.28. The van der Waals surface area contributed by atoms with Crippen LogP contribution in [0, 0.1) is 5.82 Å². The van der Waals surface area contributed by atoms with Gasteiger partial charge in [0.2, 0.25) is 0 Å². The fourth-order valence-electron chi connectivity index (χ4n) is 0.879. The predicted octanol–water partition coefficient (Wildman–Crippen LogP) is 2.10. The molecule has 0 aliphatic carbocycles. The smallest absolute Gasteiger partial charge is 0.337 e. The SMILES string of the molecule is O=C(O)c1cc(F)c(S(=O)(=O)Cl)cc1Cl. The van der Waals surface area contributed by atoms with Gasteiger partial charge in [-0.2, -0.15) is 0 Å². The third kappa shape index (κ3) is 2.58. The summed E-state index contributed by atoms with van der Waals surface area (Å²) in [5.41, 5.74) is -0.529. The maximum atomic E-state index is 13.1. The molecule has 0 saturated carbocycles. The highest BCUT2D eigenvalue weighted by molar-refractivity contribution is 8.13. The van der Waals surface area contributed by atoms with Crippen LogP contribution in [-0.4, -0.2) is 19.5 Å². The van der Waals surface area contributed by atoms with Crippen LogP contribution in [0.5, 0.6) is 0 Å². The third-order valence-corrected chi connectivity index (χ3v) is 3.16. The van der Waals surface area contributed by atoms with Gasteiger partial charge in [-0.05, 0) is 12.1 Å². The topological polar surface area (TPSA) is 71.4 Å². The summed E-state index contributed by atoms with van der Waals surface area (Å²) in [6.07, 6.45) is 0. The van der Waals surface area contributed by atoms with E-state index in [2.05, 4.69) is 0 Å². The van der Waals surface area contributed by atoms with Crippen molar-refractivity contribution in [2.45, 2.75) is 4.90 Å². The van der Waals surface area contributed by atoms with Gasteiger partial charge in [0.1, 0.15) is 10.7 Å². The van der Waals surface area contributed by atoms with Crippen molar-refractivity contribution < 1.29 is 22.7 Å². The zero-order valence-corrected chi connectivity index (χ0v) is 9.20. The number of hydrogen-bond donors (Lipinski definition) is 1. The van der Waals surface area contributed by atoms with Crippen LogP contribution < -0.4 is 0 Å². The van der Waals surface area contributed by atoms with Crippen molar-refractivity contribution in [3.05, 3.63) is 28.5 Å². The summed E-state index contributed by atoms with van der Waals surface area (Å²) in [7, 11) is 0.615. The molecular formula is C7H3Cl2FO4S. The Hall–Kier alpha value is -0.850. The van der Waals surface area contributed by atoms with Crippen LogP contribution in [0.1, 0.15) is 10.4 Å². The first-order valence-electron chi connectivity index (χ1n) is 3.40. The Kier molecular flexibility index (Phi) is 3.22. The first-order valence-corrected chi connectivity index (χ1v) is 6.09. The Balaban J connectivity index is 3.52. The Morgan fingerprint density at radius 1 is 1.40 bits per heavy atom. The van der Waals surface area contributed by atoms with Gasteiger partial charge in [-0.3, -0.25) is 0 Å². The van der Waals surface area contributed by atoms with Gasteiger partial charge >= 0.3 is 5.97 Å². The molecule has 0 atom stereocenters. The maximum Gasteiger partial charge on any atom is 0.337 e. The molecule has 0 spiro atoms. The molecule has 0 radical (unpaired) electrons. The van der Waals surface area contributed by atoms with E-state index in [9.17, 15) is 17.6 Å². The van der Waals surface area contributed by atoms with Gasteiger partial charge in [0.15, 0.2) is 0 Å². The zero-order valence-electron chi connectivity index (χ0n) is 6.87. The van der Waals surface area contributed by atoms with Crippen LogP contribution in [0.3, 0.4) is 0 Å². The van der Waals surface area contributed by atoms with Crippen molar-refractivity contribution in [2.24, 2.45) is 0 Å². The average molecular weight is 273 g/mol. The number of carbonyl (C=O) groups is 1. The van der Waals surface area contributed by atoms with E-state index in [1.165, 1.54) is 0 Å². The molecule has 0 fully saturated rings. The highest BCUT2D eigenvalue weighted by Gasteiger charge is 2.21. The van der Waals surface area contributed by atoms with Crippen molar-refractivity contribution in [1.29, 1.82) is 0 Å². The third-order valence-electron chi connectivity index (χ3n) is 1.51. The van der Waals surface area contributed by atoms with Gasteiger partial charge in [-0.1, -0.05) is 11.6 Å². The molecule has 0 amide bonds. The molecule has 4 nitrogen and oxygen atoms in total. The van der Waals surface area contributed by atoms with E-state index in [1.54, 1.807) is 0 Å². The highest BCUT2D eigenvalue weighted by Crippen LogP contribution is 2.26. The molecular weight excluding hydrogens is 270 g/mol. The monoisotopic (exact) mass is 272 g/mol. The summed E-state index contributed by atoms with van der Waals surface area (Å²) < 4.78 is 34.7. The number of hydrogen-bond acceptors (Lipinski definition) is 3. The number of carboxylic acid groups (broad SMARTS) is 1. The summed E-state index contributed by atoms with van der Waals surface area (Å²) in [6, 6.07) is 1.16. The zero-order chi connectivity index (χ0) is 11.8. The van der Waals surface area contributed by atoms with Crippen molar-refractivity contribution in [2.75, 3.05) is 0 Å². The molecule has 0 heterocycles. The van der Waals surface area contributed by atoms with Crippen LogP contribution in [0.15, 0.2) is 17.0 Å². The van der Waals surface area contributed by atoms with Gasteiger partial charge in [-0.25, -0.2) is 17.6 Å². The molecule has 0 aliphatic rings. The average Bonchev–Trinajstić information content (AvgIpc) is 2.06. The van der Waals surface area contributed by atoms with Crippen LogP contribution in [0.25, 0.3) is 0 Å². The lowest BCUT2D eigenvalue weighted by molar-refractivity contribution is 0.0696. The van der Waals surface area contributed by atoms with Gasteiger partial charge in [0, 0.05) is 10.7 Å². The summed E-state index contributed by atoms with van der Waals surface area (Å²) in [5.74, 6) is -2.72. The summed E-state index contributed by atoms with van der Waals surface area (Å²) >= 11 is 5.43. The maximum absolute atomic E-state index is 13.1. The van der Waals surface area contributed by atoms with Gasteiger partial charge in [0.05, 0.1) is 10.6 Å². The molecule has 1 rings (SSSR count). The second-order valence-electron chi connectivity index (χ2n) is 2.51. The van der Waals surface area contributed by atoms with Gasteiger partial charge in [-0.15, -0.1) is 0 Å². The second-order valence-corrected chi connectivity index (χ2v) is 5.45. The molecule has 82 valence electrons. The molecule has 1 aromatic carbocycles. The number of aromatic carboxylic acids is 1. The van der Waals surface area contributed by atoms with E-state index in [-0.39, 0.29) is 0 Å². The van der Waals surface area contributed by atoms with Crippen molar-refractivity contribution in [3.63, 3.8) is 0 Å². The molecule has 1 aromatic rings. The predicted molar refractivity (Wildman–Crippen MR) is 51.4 cm³/mol. The fraction of sp³-hybridized carbons (Fsp3) is 0. The highest BCUT2D eigenvalue weighted by atomic mass is 35.7. The first kappa shape index (κ1) is 12.2. The molecule has 0 unspecified atom stereocenters. The van der Waals surface area contributed by atoms with E-state index in [1.807, 2.05) is 0 Å². The van der Waals surface area contributed by atoms with E-state index < -0.39 is 36.3 Å². The Bertz CT molecular complexity index is 526. The minimum absolute atomic E-state index is 0.400. The molecule has 0 aliphatic heterocycles. The lowest BCUT2D eigenvalue weighted by Crippen LogP contribution is -2.02. The summed E-state index contributed by atoms with van der Waals surface area (Å²) in [5, 5.41) is 8.15. The van der Waals surface area contributed by atoms with E-state index >= 15 is 0 Å².